The smallest absolute Gasteiger partial charge is 0.330 e. The summed E-state index contributed by atoms with van der Waals surface area (Å²) in [7, 11) is 0. The minimum absolute atomic E-state index is 0.00354. The fourth-order valence-corrected chi connectivity index (χ4v) is 2.41. The fraction of sp³-hybridized carbons (Fsp3) is 0.625. The van der Waals surface area contributed by atoms with Crippen molar-refractivity contribution in [3.8, 4) is 0 Å². The van der Waals surface area contributed by atoms with Crippen molar-refractivity contribution in [2.75, 3.05) is 17.2 Å². The summed E-state index contributed by atoms with van der Waals surface area (Å²) in [5.41, 5.74) is 4.48. The number of carbonyl (C=O) groups is 2. The van der Waals surface area contributed by atoms with Crippen LogP contribution in [-0.4, -0.2) is 28.0 Å². The van der Waals surface area contributed by atoms with Crippen molar-refractivity contribution in [1.29, 1.82) is 0 Å². The van der Waals surface area contributed by atoms with Crippen molar-refractivity contribution < 1.29 is 14.7 Å². The third-order valence-corrected chi connectivity index (χ3v) is 3.42. The molecule has 0 aliphatic rings. The van der Waals surface area contributed by atoms with Gasteiger partial charge in [-0.3, -0.25) is 19.1 Å². The Bertz CT molecular complexity index is 748. The first-order chi connectivity index (χ1) is 11.5. The zero-order valence-corrected chi connectivity index (χ0v) is 15.0. The van der Waals surface area contributed by atoms with E-state index in [-0.39, 0.29) is 42.9 Å². The number of carbonyl (C=O) groups excluding carboxylic acids is 2. The van der Waals surface area contributed by atoms with Crippen molar-refractivity contribution in [2.45, 2.75) is 47.1 Å². The quantitative estimate of drug-likeness (QED) is 0.632. The van der Waals surface area contributed by atoms with Crippen LogP contribution in [0.15, 0.2) is 9.59 Å². The Balaban J connectivity index is 3.42. The maximum atomic E-state index is 12.4. The van der Waals surface area contributed by atoms with E-state index in [4.69, 9.17) is 5.73 Å². The highest BCUT2D eigenvalue weighted by Crippen LogP contribution is 2.20. The second-order valence-corrected chi connectivity index (χ2v) is 6.77. The SMILES string of the molecule is CC(C)CN(C(=O)CCC(=O)[O-])c1c(N)n(CC(C)C)c(=O)[nH]c1=O. The number of nitrogen functional groups attached to an aromatic ring is 1. The molecule has 0 aliphatic heterocycles. The third kappa shape index (κ3) is 5.47. The second-order valence-electron chi connectivity index (χ2n) is 6.77. The molecule has 0 spiro atoms. The van der Waals surface area contributed by atoms with E-state index < -0.39 is 29.5 Å². The topological polar surface area (TPSA) is 141 Å². The van der Waals surface area contributed by atoms with E-state index in [1.807, 2.05) is 27.7 Å². The highest BCUT2D eigenvalue weighted by atomic mass is 16.4. The van der Waals surface area contributed by atoms with Crippen LogP contribution in [0.5, 0.6) is 0 Å². The molecule has 1 heterocycles. The Kier molecular flexibility index (Phi) is 6.96. The van der Waals surface area contributed by atoms with Crippen LogP contribution < -0.4 is 27.0 Å². The number of aromatic nitrogens is 2. The number of carboxylic acids is 1. The lowest BCUT2D eigenvalue weighted by atomic mass is 10.1. The molecule has 0 aromatic carbocycles. The summed E-state index contributed by atoms with van der Waals surface area (Å²) >= 11 is 0. The summed E-state index contributed by atoms with van der Waals surface area (Å²) in [6.07, 6.45) is -0.784. The number of hydrogen-bond acceptors (Lipinski definition) is 6. The van der Waals surface area contributed by atoms with Crippen LogP contribution in [0.2, 0.25) is 0 Å². The molecule has 0 unspecified atom stereocenters. The van der Waals surface area contributed by atoms with Gasteiger partial charge in [-0.2, -0.15) is 0 Å². The predicted molar refractivity (Wildman–Crippen MR) is 92.0 cm³/mol. The number of nitrogens with two attached hydrogens (primary N) is 1. The Morgan fingerprint density at radius 3 is 2.24 bits per heavy atom. The van der Waals surface area contributed by atoms with Gasteiger partial charge < -0.3 is 20.5 Å². The van der Waals surface area contributed by atoms with Crippen molar-refractivity contribution in [1.82, 2.24) is 9.55 Å². The lowest BCUT2D eigenvalue weighted by molar-refractivity contribution is -0.305. The molecule has 25 heavy (non-hydrogen) atoms. The van der Waals surface area contributed by atoms with Gasteiger partial charge in [0.05, 0.1) is 0 Å². The summed E-state index contributed by atoms with van der Waals surface area (Å²) < 4.78 is 1.21. The number of nitrogens with one attached hydrogen (secondary N) is 1. The van der Waals surface area contributed by atoms with E-state index in [0.29, 0.717) is 0 Å². The summed E-state index contributed by atoms with van der Waals surface area (Å²) in [4.78, 5) is 50.7. The highest BCUT2D eigenvalue weighted by molar-refractivity contribution is 5.96. The van der Waals surface area contributed by atoms with E-state index in [0.717, 1.165) is 4.90 Å². The summed E-state index contributed by atoms with van der Waals surface area (Å²) in [6.45, 7) is 7.89. The number of aromatic amines is 1. The highest BCUT2D eigenvalue weighted by Gasteiger charge is 2.24. The molecule has 3 N–H and O–H groups in total. The van der Waals surface area contributed by atoms with Crippen LogP contribution >= 0.6 is 0 Å². The number of hydrogen-bond donors (Lipinski definition) is 2. The first kappa shape index (κ1) is 20.5. The Labute approximate surface area is 145 Å². The van der Waals surface area contributed by atoms with Crippen LogP contribution in [0.25, 0.3) is 0 Å². The molecule has 9 heteroatoms. The first-order valence-electron chi connectivity index (χ1n) is 8.17. The molecule has 1 aromatic heterocycles. The maximum Gasteiger partial charge on any atom is 0.330 e. The van der Waals surface area contributed by atoms with Gasteiger partial charge in [-0.1, -0.05) is 27.7 Å². The number of amides is 1. The number of carboxylic acid groups (broad SMARTS) is 1. The maximum absolute atomic E-state index is 12.4. The molecule has 0 radical (unpaired) electrons. The molecule has 0 aliphatic carbocycles. The van der Waals surface area contributed by atoms with Gasteiger partial charge in [-0.25, -0.2) is 4.79 Å². The summed E-state index contributed by atoms with van der Waals surface area (Å²) in [6, 6.07) is 0. The van der Waals surface area contributed by atoms with Gasteiger partial charge in [0.15, 0.2) is 5.69 Å². The van der Waals surface area contributed by atoms with E-state index in [1.54, 1.807) is 0 Å². The molecule has 1 amide bonds. The molecule has 0 saturated carbocycles. The Morgan fingerprint density at radius 2 is 1.76 bits per heavy atom. The van der Waals surface area contributed by atoms with Gasteiger partial charge in [0, 0.05) is 25.5 Å². The fourth-order valence-electron chi connectivity index (χ4n) is 2.41. The normalized spacial score (nSPS) is 11.1. The van der Waals surface area contributed by atoms with Crippen LogP contribution in [0.4, 0.5) is 11.5 Å². The van der Waals surface area contributed by atoms with E-state index >= 15 is 0 Å². The summed E-state index contributed by atoms with van der Waals surface area (Å²) in [5.74, 6) is -1.94. The van der Waals surface area contributed by atoms with E-state index in [9.17, 15) is 24.3 Å². The molecule has 1 aromatic rings. The van der Waals surface area contributed by atoms with E-state index in [2.05, 4.69) is 4.98 Å². The van der Waals surface area contributed by atoms with Crippen LogP contribution in [0.3, 0.4) is 0 Å². The van der Waals surface area contributed by atoms with Gasteiger partial charge in [0.1, 0.15) is 5.82 Å². The second kappa shape index (κ2) is 8.50. The number of rotatable bonds is 8. The van der Waals surface area contributed by atoms with Gasteiger partial charge >= 0.3 is 5.69 Å². The van der Waals surface area contributed by atoms with E-state index in [1.165, 1.54) is 4.57 Å². The first-order valence-corrected chi connectivity index (χ1v) is 8.17. The van der Waals surface area contributed by atoms with Crippen LogP contribution in [0, 0.1) is 11.8 Å². The molecule has 0 saturated heterocycles. The zero-order chi connectivity index (χ0) is 19.3. The standard InChI is InChI=1S/C16H26N4O5/c1-9(2)7-19(11(21)5-6-12(22)23)13-14(17)20(8-10(3)4)16(25)18-15(13)24/h9-10H,5-8,17H2,1-4H3,(H,22,23)(H,18,24,25)/p-1. The molecule has 1 rings (SSSR count). The van der Waals surface area contributed by atoms with Crippen LogP contribution in [0.1, 0.15) is 40.5 Å². The van der Waals surface area contributed by atoms with Crippen molar-refractivity contribution in [2.24, 2.45) is 11.8 Å². The molecule has 140 valence electrons. The Hall–Kier alpha value is -2.58. The molecule has 0 atom stereocenters. The Morgan fingerprint density at radius 1 is 1.16 bits per heavy atom. The van der Waals surface area contributed by atoms with Crippen LogP contribution in [-0.2, 0) is 16.1 Å². The molecule has 9 nitrogen and oxygen atoms in total. The number of nitrogens with zero attached hydrogens (tertiary/aromatic N) is 2. The minimum atomic E-state index is -1.36. The number of aliphatic carboxylic acids is 1. The lowest BCUT2D eigenvalue weighted by Gasteiger charge is -2.26. The van der Waals surface area contributed by atoms with Gasteiger partial charge in [0.25, 0.3) is 5.56 Å². The largest absolute Gasteiger partial charge is 0.550 e. The zero-order valence-electron chi connectivity index (χ0n) is 15.0. The molecular formula is C16H25N4O5-. The predicted octanol–water partition coefficient (Wildman–Crippen LogP) is -0.706. The average molecular weight is 353 g/mol. The van der Waals surface area contributed by atoms with Gasteiger partial charge in [-0.05, 0) is 18.3 Å². The summed E-state index contributed by atoms with van der Waals surface area (Å²) in [5, 5.41) is 10.6. The van der Waals surface area contributed by atoms with Crippen molar-refractivity contribution in [3.63, 3.8) is 0 Å². The third-order valence-electron chi connectivity index (χ3n) is 3.42. The lowest BCUT2D eigenvalue weighted by Crippen LogP contribution is -2.43. The van der Waals surface area contributed by atoms with Gasteiger partial charge in [-0.15, -0.1) is 0 Å². The number of H-pyrrole nitrogens is 1. The molecular weight excluding hydrogens is 328 g/mol. The van der Waals surface area contributed by atoms with Gasteiger partial charge in [0.2, 0.25) is 5.91 Å². The average Bonchev–Trinajstić information content (AvgIpc) is 2.47. The monoisotopic (exact) mass is 353 g/mol. The minimum Gasteiger partial charge on any atom is -0.550 e. The molecule has 0 fully saturated rings. The van der Waals surface area contributed by atoms with Crippen molar-refractivity contribution in [3.05, 3.63) is 20.8 Å². The molecule has 0 bridgehead atoms. The number of anilines is 2. The van der Waals surface area contributed by atoms with Crippen molar-refractivity contribution >= 4 is 23.4 Å².